The van der Waals surface area contributed by atoms with Crippen LogP contribution >= 0.6 is 12.2 Å². The molecule has 3 aromatic rings. The van der Waals surface area contributed by atoms with Crippen molar-refractivity contribution in [3.05, 3.63) is 46.8 Å². The fourth-order valence-corrected chi connectivity index (χ4v) is 2.35. The fourth-order valence-electron chi connectivity index (χ4n) is 2.15. The lowest BCUT2D eigenvalue weighted by atomic mass is 10.2. The molecule has 0 aliphatic heterocycles. The summed E-state index contributed by atoms with van der Waals surface area (Å²) in [6.07, 6.45) is 5.51. The molecule has 0 fully saturated rings. The first-order valence-electron chi connectivity index (χ1n) is 6.20. The zero-order valence-corrected chi connectivity index (χ0v) is 12.1. The summed E-state index contributed by atoms with van der Waals surface area (Å²) in [7, 11) is 1.91. The van der Waals surface area contributed by atoms with Gasteiger partial charge in [-0.1, -0.05) is 0 Å². The summed E-state index contributed by atoms with van der Waals surface area (Å²) >= 11 is 5.32. The Morgan fingerprint density at radius 1 is 1.40 bits per heavy atom. The van der Waals surface area contributed by atoms with E-state index in [1.54, 1.807) is 17.1 Å². The lowest BCUT2D eigenvalue weighted by Gasteiger charge is -2.05. The van der Waals surface area contributed by atoms with Crippen LogP contribution in [0.2, 0.25) is 0 Å². The third kappa shape index (κ3) is 2.27. The van der Waals surface area contributed by atoms with Gasteiger partial charge in [0.1, 0.15) is 0 Å². The van der Waals surface area contributed by atoms with E-state index in [-0.39, 0.29) is 0 Å². The van der Waals surface area contributed by atoms with Gasteiger partial charge in [0, 0.05) is 36.8 Å². The Hall–Kier alpha value is -2.28. The summed E-state index contributed by atoms with van der Waals surface area (Å²) < 4.78 is 4.35. The molecule has 0 amide bonds. The fraction of sp³-hybridized carbons (Fsp3) is 0.231. The second-order valence-electron chi connectivity index (χ2n) is 4.59. The van der Waals surface area contributed by atoms with E-state index in [1.165, 1.54) is 0 Å². The second-order valence-corrected chi connectivity index (χ2v) is 4.98. The summed E-state index contributed by atoms with van der Waals surface area (Å²) in [5, 5.41) is 11.5. The molecule has 0 aliphatic carbocycles. The SMILES string of the molecule is Cc1nn(C)cc1Cn1c(-c2cccnc2)n[nH]c1=S. The van der Waals surface area contributed by atoms with E-state index < -0.39 is 0 Å². The van der Waals surface area contributed by atoms with E-state index in [9.17, 15) is 0 Å². The molecule has 0 saturated carbocycles. The van der Waals surface area contributed by atoms with Crippen LogP contribution in [0.3, 0.4) is 0 Å². The number of aromatic nitrogens is 6. The normalized spacial score (nSPS) is 10.9. The molecule has 3 aromatic heterocycles. The van der Waals surface area contributed by atoms with Gasteiger partial charge in [-0.15, -0.1) is 0 Å². The number of hydrogen-bond acceptors (Lipinski definition) is 4. The standard InChI is InChI=1S/C13H14N6S/c1-9-11(7-18(2)17-9)8-19-12(15-16-13(19)20)10-4-3-5-14-6-10/h3-7H,8H2,1-2H3,(H,16,20). The molecule has 0 spiro atoms. The highest BCUT2D eigenvalue weighted by Gasteiger charge is 2.11. The Kier molecular flexibility index (Phi) is 3.19. The van der Waals surface area contributed by atoms with Crippen molar-refractivity contribution >= 4 is 12.2 Å². The first-order valence-corrected chi connectivity index (χ1v) is 6.60. The van der Waals surface area contributed by atoms with Crippen LogP contribution in [0.15, 0.2) is 30.7 Å². The minimum Gasteiger partial charge on any atom is -0.295 e. The Balaban J connectivity index is 2.04. The van der Waals surface area contributed by atoms with Crippen LogP contribution in [0.5, 0.6) is 0 Å². The summed E-state index contributed by atoms with van der Waals surface area (Å²) in [6, 6.07) is 3.84. The van der Waals surface area contributed by atoms with Crippen LogP contribution in [0.1, 0.15) is 11.3 Å². The highest BCUT2D eigenvalue weighted by Crippen LogP contribution is 2.18. The van der Waals surface area contributed by atoms with Gasteiger partial charge in [0.25, 0.3) is 0 Å². The van der Waals surface area contributed by atoms with Crippen LogP contribution in [-0.4, -0.2) is 29.5 Å². The molecule has 6 nitrogen and oxygen atoms in total. The summed E-state index contributed by atoms with van der Waals surface area (Å²) in [5.74, 6) is 0.784. The predicted molar refractivity (Wildman–Crippen MR) is 77.7 cm³/mol. The van der Waals surface area contributed by atoms with Crippen LogP contribution in [0.4, 0.5) is 0 Å². The van der Waals surface area contributed by atoms with E-state index in [0.717, 1.165) is 22.6 Å². The zero-order valence-electron chi connectivity index (χ0n) is 11.2. The monoisotopic (exact) mass is 286 g/mol. The Morgan fingerprint density at radius 3 is 2.90 bits per heavy atom. The highest BCUT2D eigenvalue weighted by atomic mass is 32.1. The molecular formula is C13H14N6S. The van der Waals surface area contributed by atoms with Crippen molar-refractivity contribution in [3.8, 4) is 11.4 Å². The van der Waals surface area contributed by atoms with Gasteiger partial charge in [-0.3, -0.25) is 19.3 Å². The second kappa shape index (κ2) is 5.01. The van der Waals surface area contributed by atoms with Gasteiger partial charge >= 0.3 is 0 Å². The van der Waals surface area contributed by atoms with E-state index in [4.69, 9.17) is 12.2 Å². The molecular weight excluding hydrogens is 272 g/mol. The number of aryl methyl sites for hydroxylation is 2. The van der Waals surface area contributed by atoms with Crippen LogP contribution in [-0.2, 0) is 13.6 Å². The average Bonchev–Trinajstić information content (AvgIpc) is 2.95. The van der Waals surface area contributed by atoms with Crippen molar-refractivity contribution in [3.63, 3.8) is 0 Å². The Labute approximate surface area is 121 Å². The lowest BCUT2D eigenvalue weighted by Crippen LogP contribution is -2.03. The predicted octanol–water partition coefficient (Wildman–Crippen LogP) is 2.09. The number of rotatable bonds is 3. The van der Waals surface area contributed by atoms with Crippen molar-refractivity contribution in [2.45, 2.75) is 13.5 Å². The van der Waals surface area contributed by atoms with E-state index in [0.29, 0.717) is 11.3 Å². The van der Waals surface area contributed by atoms with Gasteiger partial charge in [-0.2, -0.15) is 10.2 Å². The number of nitrogens with one attached hydrogen (secondary N) is 1. The molecule has 3 heterocycles. The smallest absolute Gasteiger partial charge is 0.195 e. The van der Waals surface area contributed by atoms with Crippen molar-refractivity contribution in [1.82, 2.24) is 29.5 Å². The maximum atomic E-state index is 5.32. The van der Waals surface area contributed by atoms with Gasteiger partial charge in [0.15, 0.2) is 10.6 Å². The molecule has 0 aliphatic rings. The maximum absolute atomic E-state index is 5.32. The van der Waals surface area contributed by atoms with Crippen LogP contribution in [0, 0.1) is 11.7 Å². The van der Waals surface area contributed by atoms with Crippen molar-refractivity contribution in [2.24, 2.45) is 7.05 Å². The molecule has 20 heavy (non-hydrogen) atoms. The minimum atomic E-state index is 0.590. The number of pyridine rings is 1. The maximum Gasteiger partial charge on any atom is 0.195 e. The van der Waals surface area contributed by atoms with Crippen molar-refractivity contribution in [1.29, 1.82) is 0 Å². The summed E-state index contributed by atoms with van der Waals surface area (Å²) in [4.78, 5) is 4.12. The lowest BCUT2D eigenvalue weighted by molar-refractivity contribution is 0.755. The molecule has 0 atom stereocenters. The summed E-state index contributed by atoms with van der Waals surface area (Å²) in [6.45, 7) is 2.63. The average molecular weight is 286 g/mol. The van der Waals surface area contributed by atoms with Gasteiger partial charge in [0.2, 0.25) is 0 Å². The number of nitrogens with zero attached hydrogens (tertiary/aromatic N) is 5. The molecule has 102 valence electrons. The van der Waals surface area contributed by atoms with Gasteiger partial charge in [0.05, 0.1) is 12.2 Å². The van der Waals surface area contributed by atoms with Gasteiger partial charge in [-0.05, 0) is 31.3 Å². The van der Waals surface area contributed by atoms with E-state index >= 15 is 0 Å². The molecule has 0 radical (unpaired) electrons. The van der Waals surface area contributed by atoms with E-state index in [2.05, 4.69) is 20.3 Å². The molecule has 0 bridgehead atoms. The van der Waals surface area contributed by atoms with E-state index in [1.807, 2.05) is 36.9 Å². The molecule has 0 unspecified atom stereocenters. The van der Waals surface area contributed by atoms with Crippen LogP contribution in [0.25, 0.3) is 11.4 Å². The minimum absolute atomic E-state index is 0.590. The molecule has 7 heteroatoms. The number of H-pyrrole nitrogens is 1. The third-order valence-corrected chi connectivity index (χ3v) is 3.43. The van der Waals surface area contributed by atoms with Crippen LogP contribution < -0.4 is 0 Å². The highest BCUT2D eigenvalue weighted by molar-refractivity contribution is 7.71. The summed E-state index contributed by atoms with van der Waals surface area (Å²) in [5.41, 5.74) is 3.05. The van der Waals surface area contributed by atoms with Gasteiger partial charge < -0.3 is 0 Å². The molecule has 1 N–H and O–H groups in total. The van der Waals surface area contributed by atoms with Crippen molar-refractivity contribution < 1.29 is 0 Å². The Morgan fingerprint density at radius 2 is 2.25 bits per heavy atom. The Bertz CT molecular complexity index is 783. The largest absolute Gasteiger partial charge is 0.295 e. The van der Waals surface area contributed by atoms with Crippen molar-refractivity contribution in [2.75, 3.05) is 0 Å². The first-order chi connectivity index (χ1) is 9.65. The topological polar surface area (TPSA) is 64.3 Å². The molecule has 0 aromatic carbocycles. The van der Waals surface area contributed by atoms with Gasteiger partial charge in [-0.25, -0.2) is 0 Å². The zero-order chi connectivity index (χ0) is 14.1. The quantitative estimate of drug-likeness (QED) is 0.749. The third-order valence-electron chi connectivity index (χ3n) is 3.12. The molecule has 3 rings (SSSR count). The molecule has 0 saturated heterocycles. The number of aromatic amines is 1. The first kappa shape index (κ1) is 12.7. The number of hydrogen-bond donors (Lipinski definition) is 1.